The molecule has 1 saturated carbocycles. The van der Waals surface area contributed by atoms with Gasteiger partial charge < -0.3 is 24.8 Å². The molecule has 2 aliphatic rings. The number of rotatable bonds is 5. The predicted octanol–water partition coefficient (Wildman–Crippen LogP) is 3.45. The lowest BCUT2D eigenvalue weighted by atomic mass is 9.88. The summed E-state index contributed by atoms with van der Waals surface area (Å²) < 4.78 is 16.5. The van der Waals surface area contributed by atoms with Crippen LogP contribution in [0, 0.1) is 5.92 Å². The Labute approximate surface area is 165 Å². The van der Waals surface area contributed by atoms with Crippen LogP contribution >= 0.6 is 0 Å². The van der Waals surface area contributed by atoms with Gasteiger partial charge in [0.05, 0.1) is 20.3 Å². The van der Waals surface area contributed by atoms with Crippen molar-refractivity contribution in [1.29, 1.82) is 0 Å². The van der Waals surface area contributed by atoms with E-state index in [1.165, 1.54) is 12.8 Å². The van der Waals surface area contributed by atoms with Crippen LogP contribution in [-0.2, 0) is 9.53 Å². The maximum absolute atomic E-state index is 13.0. The molecule has 2 N–H and O–H groups in total. The van der Waals surface area contributed by atoms with Crippen LogP contribution in [0.25, 0.3) is 0 Å². The van der Waals surface area contributed by atoms with Gasteiger partial charge in [-0.15, -0.1) is 0 Å². The summed E-state index contributed by atoms with van der Waals surface area (Å²) in [6, 6.07) is 4.31. The van der Waals surface area contributed by atoms with Crippen molar-refractivity contribution in [2.75, 3.05) is 14.2 Å². The summed E-state index contributed by atoms with van der Waals surface area (Å²) in [7, 11) is 3.10. The first kappa shape index (κ1) is 20.0. The van der Waals surface area contributed by atoms with Gasteiger partial charge in [-0.25, -0.2) is 4.79 Å². The Bertz CT molecular complexity index is 740. The highest BCUT2D eigenvalue weighted by Gasteiger charge is 2.40. The molecule has 2 amide bonds. The summed E-state index contributed by atoms with van der Waals surface area (Å²) in [6.45, 7) is 3.90. The van der Waals surface area contributed by atoms with Gasteiger partial charge in [-0.05, 0) is 43.4 Å². The molecule has 0 bridgehead atoms. The first-order chi connectivity index (χ1) is 13.5. The standard InChI is InChI=1S/C21H28N2O5/c1-13-18(20(24)28-15-8-6-4-5-7-9-15)19(23-21(25)22-13)14-10-11-16(26-2)17(12-14)27-3/h10-12,15,18-19H,1,4-9H2,2-3H3,(H2,22,23,25). The molecule has 152 valence electrons. The fourth-order valence-corrected chi connectivity index (χ4v) is 3.88. The van der Waals surface area contributed by atoms with Crippen molar-refractivity contribution >= 4 is 12.0 Å². The molecule has 0 spiro atoms. The fraction of sp³-hybridized carbons (Fsp3) is 0.524. The number of amides is 2. The van der Waals surface area contributed by atoms with E-state index in [4.69, 9.17) is 14.2 Å². The number of carbonyl (C=O) groups excluding carboxylic acids is 2. The lowest BCUT2D eigenvalue weighted by Gasteiger charge is -2.34. The molecule has 0 radical (unpaired) electrons. The minimum absolute atomic E-state index is 0.0773. The summed E-state index contributed by atoms with van der Waals surface area (Å²) in [5.41, 5.74) is 1.05. The fourth-order valence-electron chi connectivity index (χ4n) is 3.88. The largest absolute Gasteiger partial charge is 0.493 e. The second-order valence-electron chi connectivity index (χ2n) is 7.24. The molecule has 1 aliphatic heterocycles. The van der Waals surface area contributed by atoms with Gasteiger partial charge in [0.2, 0.25) is 0 Å². The minimum Gasteiger partial charge on any atom is -0.493 e. The van der Waals surface area contributed by atoms with Crippen molar-refractivity contribution < 1.29 is 23.8 Å². The van der Waals surface area contributed by atoms with Crippen molar-refractivity contribution in [2.45, 2.75) is 50.7 Å². The van der Waals surface area contributed by atoms with Crippen LogP contribution in [0.1, 0.15) is 50.1 Å². The third-order valence-electron chi connectivity index (χ3n) is 5.38. The van der Waals surface area contributed by atoms with Gasteiger partial charge in [0, 0.05) is 5.70 Å². The minimum atomic E-state index is -0.723. The highest BCUT2D eigenvalue weighted by atomic mass is 16.5. The zero-order chi connectivity index (χ0) is 20.1. The van der Waals surface area contributed by atoms with E-state index < -0.39 is 18.0 Å². The lowest BCUT2D eigenvalue weighted by molar-refractivity contribution is -0.154. The molecule has 28 heavy (non-hydrogen) atoms. The highest BCUT2D eigenvalue weighted by molar-refractivity contribution is 5.85. The summed E-state index contributed by atoms with van der Waals surface area (Å²) in [4.78, 5) is 25.1. The van der Waals surface area contributed by atoms with Gasteiger partial charge in [0.25, 0.3) is 0 Å². The van der Waals surface area contributed by atoms with Crippen molar-refractivity contribution in [2.24, 2.45) is 5.92 Å². The second kappa shape index (κ2) is 8.99. The molecule has 7 heteroatoms. The Hall–Kier alpha value is -2.70. The quantitative estimate of drug-likeness (QED) is 0.596. The Morgan fingerprint density at radius 2 is 1.75 bits per heavy atom. The summed E-state index contributed by atoms with van der Waals surface area (Å²) in [5.74, 6) is 0.000406. The summed E-state index contributed by atoms with van der Waals surface area (Å²) in [5, 5.41) is 5.43. The van der Waals surface area contributed by atoms with Gasteiger partial charge in [-0.2, -0.15) is 0 Å². The van der Waals surface area contributed by atoms with Crippen LogP contribution in [-0.4, -0.2) is 32.3 Å². The number of nitrogens with one attached hydrogen (secondary N) is 2. The van der Waals surface area contributed by atoms with E-state index in [9.17, 15) is 9.59 Å². The smallest absolute Gasteiger partial charge is 0.319 e. The summed E-state index contributed by atoms with van der Waals surface area (Å²) >= 11 is 0. The number of carbonyl (C=O) groups is 2. The number of ether oxygens (including phenoxy) is 3. The molecule has 2 fully saturated rings. The van der Waals surface area contributed by atoms with E-state index >= 15 is 0 Å². The highest BCUT2D eigenvalue weighted by Crippen LogP contribution is 2.36. The number of esters is 1. The third-order valence-corrected chi connectivity index (χ3v) is 5.38. The second-order valence-corrected chi connectivity index (χ2v) is 7.24. The van der Waals surface area contributed by atoms with Crippen LogP contribution in [0.3, 0.4) is 0 Å². The monoisotopic (exact) mass is 388 g/mol. The number of urea groups is 1. The number of hydrogen-bond donors (Lipinski definition) is 2. The van der Waals surface area contributed by atoms with Crippen LogP contribution in [0.2, 0.25) is 0 Å². The Balaban J connectivity index is 1.85. The molecule has 1 saturated heterocycles. The third kappa shape index (κ3) is 4.40. The SMILES string of the molecule is C=C1NC(=O)NC(c2ccc(OC)c(OC)c2)C1C(=O)OC1CCCCCC1. The number of methoxy groups -OCH3 is 2. The number of benzene rings is 1. The zero-order valence-corrected chi connectivity index (χ0v) is 16.5. The predicted molar refractivity (Wildman–Crippen MR) is 104 cm³/mol. The molecule has 1 aromatic carbocycles. The molecule has 7 nitrogen and oxygen atoms in total. The van der Waals surface area contributed by atoms with E-state index in [0.717, 1.165) is 31.2 Å². The maximum atomic E-state index is 13.0. The van der Waals surface area contributed by atoms with Crippen molar-refractivity contribution in [3.63, 3.8) is 0 Å². The molecule has 0 aromatic heterocycles. The Morgan fingerprint density at radius 1 is 1.07 bits per heavy atom. The molecule has 2 unspecified atom stereocenters. The van der Waals surface area contributed by atoms with E-state index in [1.54, 1.807) is 32.4 Å². The van der Waals surface area contributed by atoms with E-state index in [-0.39, 0.29) is 12.1 Å². The Kier molecular flexibility index (Phi) is 6.44. The summed E-state index contributed by atoms with van der Waals surface area (Å²) in [6.07, 6.45) is 6.17. The topological polar surface area (TPSA) is 85.9 Å². The van der Waals surface area contributed by atoms with Crippen molar-refractivity contribution in [3.8, 4) is 11.5 Å². The van der Waals surface area contributed by atoms with E-state index in [2.05, 4.69) is 17.2 Å². The average Bonchev–Trinajstić information content (AvgIpc) is 2.95. The molecule has 1 aromatic rings. The average molecular weight is 388 g/mol. The molecule has 2 atom stereocenters. The van der Waals surface area contributed by atoms with Gasteiger partial charge in [-0.1, -0.05) is 25.5 Å². The van der Waals surface area contributed by atoms with Gasteiger partial charge >= 0.3 is 12.0 Å². The molecule has 3 rings (SSSR count). The van der Waals surface area contributed by atoms with Crippen molar-refractivity contribution in [1.82, 2.24) is 10.6 Å². The van der Waals surface area contributed by atoms with Crippen molar-refractivity contribution in [3.05, 3.63) is 36.0 Å². The Morgan fingerprint density at radius 3 is 2.39 bits per heavy atom. The van der Waals surface area contributed by atoms with Gasteiger partial charge in [0.1, 0.15) is 12.0 Å². The molecule has 1 heterocycles. The first-order valence-electron chi connectivity index (χ1n) is 9.72. The van der Waals surface area contributed by atoms with Crippen LogP contribution in [0.15, 0.2) is 30.5 Å². The van der Waals surface area contributed by atoms with Gasteiger partial charge in [0.15, 0.2) is 11.5 Å². The van der Waals surface area contributed by atoms with Crippen LogP contribution in [0.5, 0.6) is 11.5 Å². The lowest BCUT2D eigenvalue weighted by Crippen LogP contribution is -2.51. The number of hydrogen-bond acceptors (Lipinski definition) is 5. The van der Waals surface area contributed by atoms with Crippen LogP contribution in [0.4, 0.5) is 4.79 Å². The normalized spacial score (nSPS) is 23.2. The van der Waals surface area contributed by atoms with Crippen LogP contribution < -0.4 is 20.1 Å². The van der Waals surface area contributed by atoms with E-state index in [0.29, 0.717) is 17.2 Å². The van der Waals surface area contributed by atoms with Gasteiger partial charge in [-0.3, -0.25) is 4.79 Å². The molecular weight excluding hydrogens is 360 g/mol. The zero-order valence-electron chi connectivity index (χ0n) is 16.5. The first-order valence-corrected chi connectivity index (χ1v) is 9.72. The molecular formula is C21H28N2O5. The van der Waals surface area contributed by atoms with E-state index in [1.807, 2.05) is 0 Å². The molecule has 1 aliphatic carbocycles. The maximum Gasteiger partial charge on any atom is 0.319 e.